The Kier molecular flexibility index (Phi) is 4.02. The van der Waals surface area contributed by atoms with Crippen molar-refractivity contribution in [3.8, 4) is 0 Å². The molecule has 1 aromatic carbocycles. The second-order valence-corrected chi connectivity index (χ2v) is 5.52. The van der Waals surface area contributed by atoms with Crippen molar-refractivity contribution in [1.29, 1.82) is 0 Å². The van der Waals surface area contributed by atoms with Crippen LogP contribution in [0.3, 0.4) is 0 Å². The molecule has 1 atom stereocenters. The van der Waals surface area contributed by atoms with Gasteiger partial charge in [-0.25, -0.2) is 0 Å². The van der Waals surface area contributed by atoms with Gasteiger partial charge in [0.25, 0.3) is 0 Å². The van der Waals surface area contributed by atoms with Gasteiger partial charge in [0.2, 0.25) is 5.91 Å². The fraction of sp³-hybridized carbons (Fsp3) is 0.333. The highest BCUT2D eigenvalue weighted by atomic mass is 32.2. The van der Waals surface area contributed by atoms with Crippen LogP contribution in [0.15, 0.2) is 24.3 Å². The van der Waals surface area contributed by atoms with Gasteiger partial charge in [-0.3, -0.25) is 4.79 Å². The van der Waals surface area contributed by atoms with Crippen LogP contribution in [0, 0.1) is 0 Å². The van der Waals surface area contributed by atoms with E-state index >= 15 is 0 Å². The molecule has 1 aliphatic heterocycles. The van der Waals surface area contributed by atoms with Gasteiger partial charge in [-0.2, -0.15) is 11.8 Å². The lowest BCUT2D eigenvalue weighted by atomic mass is 10.2. The third kappa shape index (κ3) is 4.02. The van der Waals surface area contributed by atoms with Gasteiger partial charge < -0.3 is 10.1 Å². The Morgan fingerprint density at radius 3 is 2.71 bits per heavy atom. The van der Waals surface area contributed by atoms with E-state index < -0.39 is 0 Å². The number of carbonyl (C=O) groups is 1. The third-order valence-corrected chi connectivity index (χ3v) is 3.54. The molecular formula is C12H13NO2S2. The van der Waals surface area contributed by atoms with Gasteiger partial charge in [0, 0.05) is 29.2 Å². The molecule has 0 aliphatic carbocycles. The molecule has 0 spiro atoms. The van der Waals surface area contributed by atoms with E-state index in [0.717, 1.165) is 11.3 Å². The maximum Gasteiger partial charge on any atom is 0.221 e. The Hall–Kier alpha value is -1.07. The molecular weight excluding hydrogens is 254 g/mol. The average molecular weight is 267 g/mol. The second-order valence-electron chi connectivity index (χ2n) is 3.81. The molecule has 0 unspecified atom stereocenters. The van der Waals surface area contributed by atoms with E-state index in [1.165, 1.54) is 12.7 Å². The Bertz CT molecular complexity index is 427. The molecule has 1 heterocycles. The van der Waals surface area contributed by atoms with Gasteiger partial charge in [0.05, 0.1) is 0 Å². The molecule has 90 valence electrons. The van der Waals surface area contributed by atoms with Crippen LogP contribution in [0.4, 0.5) is 5.69 Å². The minimum atomic E-state index is -0.0812. The summed E-state index contributed by atoms with van der Waals surface area (Å²) in [6.07, 6.45) is 0. The summed E-state index contributed by atoms with van der Waals surface area (Å²) in [6, 6.07) is 7.35. The topological polar surface area (TPSA) is 38.3 Å². The molecule has 1 aromatic rings. The first-order valence-electron chi connectivity index (χ1n) is 5.31. The van der Waals surface area contributed by atoms with E-state index in [-0.39, 0.29) is 5.91 Å². The Balaban J connectivity index is 1.91. The number of ether oxygens (including phenoxy) is 1. The summed E-state index contributed by atoms with van der Waals surface area (Å²) in [5.41, 5.74) is 1.64. The normalized spacial score (nSPS) is 17.4. The summed E-state index contributed by atoms with van der Waals surface area (Å²) in [5.74, 6) is 1.09. The Labute approximate surface area is 110 Å². The van der Waals surface area contributed by atoms with E-state index in [0.29, 0.717) is 16.9 Å². The lowest BCUT2D eigenvalue weighted by molar-refractivity contribution is -0.114. The number of carbonyl (C=O) groups excluding carboxylic acids is 1. The van der Waals surface area contributed by atoms with Crippen LogP contribution >= 0.6 is 24.0 Å². The molecule has 5 heteroatoms. The van der Waals surface area contributed by atoms with Crippen molar-refractivity contribution in [2.75, 3.05) is 17.7 Å². The number of rotatable bonds is 4. The second kappa shape index (κ2) is 5.51. The lowest BCUT2D eigenvalue weighted by Crippen LogP contribution is -2.09. The minimum Gasteiger partial charge on any atom is -0.482 e. The van der Waals surface area contributed by atoms with Crippen molar-refractivity contribution < 1.29 is 9.53 Å². The molecule has 0 aromatic heterocycles. The quantitative estimate of drug-likeness (QED) is 0.672. The van der Waals surface area contributed by atoms with Crippen LogP contribution in [0.25, 0.3) is 0 Å². The summed E-state index contributed by atoms with van der Waals surface area (Å²) in [6.45, 7) is 2.17. The van der Waals surface area contributed by atoms with E-state index in [1.807, 2.05) is 36.0 Å². The van der Waals surface area contributed by atoms with Gasteiger partial charge >= 0.3 is 0 Å². The fourth-order valence-corrected chi connectivity index (χ4v) is 1.91. The summed E-state index contributed by atoms with van der Waals surface area (Å²) in [4.78, 5) is 10.9. The van der Waals surface area contributed by atoms with Crippen LogP contribution in [0.2, 0.25) is 0 Å². The van der Waals surface area contributed by atoms with E-state index in [1.54, 1.807) is 0 Å². The molecule has 0 saturated carbocycles. The van der Waals surface area contributed by atoms with Crippen molar-refractivity contribution in [2.24, 2.45) is 0 Å². The highest BCUT2D eigenvalue weighted by Crippen LogP contribution is 2.30. The summed E-state index contributed by atoms with van der Waals surface area (Å²) in [7, 11) is 0. The van der Waals surface area contributed by atoms with Crippen molar-refractivity contribution >= 4 is 40.6 Å². The number of nitrogens with one attached hydrogen (secondary N) is 1. The minimum absolute atomic E-state index is 0.0812. The van der Waals surface area contributed by atoms with E-state index in [9.17, 15) is 4.79 Å². The highest BCUT2D eigenvalue weighted by molar-refractivity contribution is 8.06. The molecule has 2 rings (SSSR count). The van der Waals surface area contributed by atoms with Crippen LogP contribution in [-0.4, -0.2) is 28.6 Å². The first kappa shape index (κ1) is 12.4. The zero-order valence-electron chi connectivity index (χ0n) is 9.43. The molecule has 1 aliphatic rings. The van der Waals surface area contributed by atoms with Crippen LogP contribution < -0.4 is 5.32 Å². The maximum absolute atomic E-state index is 10.9. The smallest absolute Gasteiger partial charge is 0.221 e. The van der Waals surface area contributed by atoms with Gasteiger partial charge in [0.1, 0.15) is 6.61 Å². The lowest BCUT2D eigenvalue weighted by Gasteiger charge is -2.07. The monoisotopic (exact) mass is 267 g/mol. The number of thiocarbonyl (C=S) groups is 1. The Morgan fingerprint density at radius 2 is 2.18 bits per heavy atom. The molecule has 3 nitrogen and oxygen atoms in total. The van der Waals surface area contributed by atoms with Crippen molar-refractivity contribution in [2.45, 2.75) is 12.2 Å². The molecule has 17 heavy (non-hydrogen) atoms. The van der Waals surface area contributed by atoms with Crippen LogP contribution in [0.5, 0.6) is 0 Å². The number of hydrogen-bond acceptors (Lipinski definition) is 4. The fourth-order valence-electron chi connectivity index (χ4n) is 1.31. The largest absolute Gasteiger partial charge is 0.482 e. The van der Waals surface area contributed by atoms with E-state index in [2.05, 4.69) is 5.32 Å². The first-order valence-corrected chi connectivity index (χ1v) is 6.77. The van der Waals surface area contributed by atoms with Crippen LogP contribution in [-0.2, 0) is 9.53 Å². The zero-order chi connectivity index (χ0) is 12.3. The summed E-state index contributed by atoms with van der Waals surface area (Å²) < 4.78 is 5.50. The van der Waals surface area contributed by atoms with Gasteiger partial charge in [-0.05, 0) is 36.5 Å². The van der Waals surface area contributed by atoms with Crippen molar-refractivity contribution in [3.63, 3.8) is 0 Å². The average Bonchev–Trinajstić information content (AvgIpc) is 3.10. The van der Waals surface area contributed by atoms with Crippen LogP contribution in [0.1, 0.15) is 12.5 Å². The predicted molar refractivity (Wildman–Crippen MR) is 74.6 cm³/mol. The van der Waals surface area contributed by atoms with Crippen molar-refractivity contribution in [3.05, 3.63) is 29.8 Å². The molecule has 1 saturated heterocycles. The highest BCUT2D eigenvalue weighted by Gasteiger charge is 2.23. The molecule has 1 amide bonds. The van der Waals surface area contributed by atoms with Gasteiger partial charge in [0.15, 0.2) is 5.05 Å². The number of amides is 1. The van der Waals surface area contributed by atoms with Gasteiger partial charge in [-0.15, -0.1) is 0 Å². The number of hydrogen-bond donors (Lipinski definition) is 1. The number of thioether (sulfide) groups is 1. The van der Waals surface area contributed by atoms with E-state index in [4.69, 9.17) is 17.0 Å². The Morgan fingerprint density at radius 1 is 1.53 bits per heavy atom. The summed E-state index contributed by atoms with van der Waals surface area (Å²) >= 11 is 7.06. The predicted octanol–water partition coefficient (Wildman–Crippen LogP) is 2.45. The van der Waals surface area contributed by atoms with Crippen molar-refractivity contribution in [1.82, 2.24) is 0 Å². The molecule has 0 bridgehead atoms. The number of benzene rings is 1. The zero-order valence-corrected chi connectivity index (χ0v) is 11.1. The standard InChI is InChI=1S/C12H13NO2S2/c1-8(14)13-10-4-2-9(3-5-10)12(16)15-6-11-7-17-11/h2-5,11H,6-7H2,1H3,(H,13,14)/t11-/m0/s1. The maximum atomic E-state index is 10.9. The molecule has 1 N–H and O–H groups in total. The summed E-state index contributed by atoms with van der Waals surface area (Å²) in [5, 5.41) is 3.84. The molecule has 0 radical (unpaired) electrons. The third-order valence-electron chi connectivity index (χ3n) is 2.24. The number of anilines is 1. The SMILES string of the molecule is CC(=O)Nc1ccc(C(=S)OC[C@H]2CS2)cc1. The van der Waals surface area contributed by atoms with Gasteiger partial charge in [-0.1, -0.05) is 0 Å². The molecule has 1 fully saturated rings. The first-order chi connectivity index (χ1) is 8.15.